The van der Waals surface area contributed by atoms with Crippen molar-refractivity contribution in [3.05, 3.63) is 41.7 Å². The number of unbranched alkanes of at least 4 members (excludes halogenated alkanes) is 9. The van der Waals surface area contributed by atoms with Gasteiger partial charge in [-0.25, -0.2) is 14.8 Å². The van der Waals surface area contributed by atoms with Crippen molar-refractivity contribution in [2.75, 3.05) is 30.0 Å². The van der Waals surface area contributed by atoms with Crippen LogP contribution in [-0.2, 0) is 20.9 Å². The predicted molar refractivity (Wildman–Crippen MR) is 173 cm³/mol. The molecule has 0 bridgehead atoms. The van der Waals surface area contributed by atoms with Crippen LogP contribution in [0.3, 0.4) is 0 Å². The maximum Gasteiger partial charge on any atom is 0.328 e. The Morgan fingerprint density at radius 3 is 2.22 bits per heavy atom. The number of fused-ring (bicyclic) bond motifs is 1. The maximum absolute atomic E-state index is 13.0. The Labute approximate surface area is 264 Å². The number of carbonyl (C=O) groups is 3. The molecule has 2 aromatic heterocycles. The number of amides is 1. The molecule has 0 saturated heterocycles. The number of ether oxygens (including phenoxy) is 1. The zero-order chi connectivity index (χ0) is 32.6. The quantitative estimate of drug-likeness (QED) is 0.101. The van der Waals surface area contributed by atoms with Crippen LogP contribution in [0.4, 0.5) is 17.5 Å². The number of nitrogen functional groups attached to an aromatic ring is 2. The molecule has 6 N–H and O–H groups in total. The number of hydrogen-bond acceptors (Lipinski definition) is 11. The zero-order valence-electron chi connectivity index (χ0n) is 26.3. The van der Waals surface area contributed by atoms with Gasteiger partial charge >= 0.3 is 11.9 Å². The van der Waals surface area contributed by atoms with E-state index in [-0.39, 0.29) is 31.2 Å². The highest BCUT2D eigenvalue weighted by Gasteiger charge is 2.24. The van der Waals surface area contributed by atoms with Gasteiger partial charge in [-0.2, -0.15) is 9.97 Å². The molecule has 3 aromatic rings. The number of hydrogen-bond donors (Lipinski definition) is 4. The van der Waals surface area contributed by atoms with E-state index in [2.05, 4.69) is 32.2 Å². The molecule has 13 nitrogen and oxygen atoms in total. The Kier molecular flexibility index (Phi) is 14.2. The number of nitrogens with one attached hydrogen (secondary N) is 1. The average molecular weight is 623 g/mol. The SMILES string of the molecule is CCCCCCCCCCCCOC(=O)[C@H](CCC(=O)O)NC(=O)c1ccc(N(C)Cc2cnc3nc(N)nc(N)c3n2)cc1. The van der Waals surface area contributed by atoms with E-state index in [4.69, 9.17) is 21.3 Å². The van der Waals surface area contributed by atoms with E-state index >= 15 is 0 Å². The van der Waals surface area contributed by atoms with Crippen molar-refractivity contribution >= 4 is 46.5 Å². The van der Waals surface area contributed by atoms with Crippen LogP contribution in [0.5, 0.6) is 0 Å². The summed E-state index contributed by atoms with van der Waals surface area (Å²) >= 11 is 0. The van der Waals surface area contributed by atoms with Crippen LogP contribution < -0.4 is 21.7 Å². The summed E-state index contributed by atoms with van der Waals surface area (Å²) in [5.74, 6) is -2.00. The van der Waals surface area contributed by atoms with Gasteiger partial charge in [-0.1, -0.05) is 64.7 Å². The number of aromatic nitrogens is 4. The molecule has 1 aromatic carbocycles. The fourth-order valence-electron chi connectivity index (χ4n) is 4.88. The van der Waals surface area contributed by atoms with Gasteiger partial charge < -0.3 is 31.5 Å². The minimum atomic E-state index is -1.06. The second kappa shape index (κ2) is 18.3. The van der Waals surface area contributed by atoms with Gasteiger partial charge in [0.05, 0.1) is 25.0 Å². The first kappa shape index (κ1) is 34.9. The fourth-order valence-corrected chi connectivity index (χ4v) is 4.88. The molecule has 244 valence electrons. The van der Waals surface area contributed by atoms with Crippen LogP contribution in [0.25, 0.3) is 11.2 Å². The Morgan fingerprint density at radius 2 is 1.58 bits per heavy atom. The number of carboxylic acids is 1. The lowest BCUT2D eigenvalue weighted by Gasteiger charge is -2.20. The molecule has 0 radical (unpaired) electrons. The van der Waals surface area contributed by atoms with Gasteiger partial charge in [-0.05, 0) is 37.1 Å². The number of nitrogens with two attached hydrogens (primary N) is 2. The predicted octanol–water partition coefficient (Wildman–Crippen LogP) is 4.65. The second-order valence-electron chi connectivity index (χ2n) is 11.2. The topological polar surface area (TPSA) is 200 Å². The molecule has 0 aliphatic carbocycles. The monoisotopic (exact) mass is 622 g/mol. The van der Waals surface area contributed by atoms with E-state index in [0.29, 0.717) is 29.0 Å². The summed E-state index contributed by atoms with van der Waals surface area (Å²) in [7, 11) is 1.86. The highest BCUT2D eigenvalue weighted by atomic mass is 16.5. The molecule has 45 heavy (non-hydrogen) atoms. The van der Waals surface area contributed by atoms with Gasteiger partial charge in [0.1, 0.15) is 6.04 Å². The van der Waals surface area contributed by atoms with Crippen molar-refractivity contribution in [1.82, 2.24) is 25.3 Å². The van der Waals surface area contributed by atoms with Gasteiger partial charge in [0.15, 0.2) is 17.0 Å². The summed E-state index contributed by atoms with van der Waals surface area (Å²) in [6, 6.07) is 5.72. The van der Waals surface area contributed by atoms with Crippen molar-refractivity contribution in [1.29, 1.82) is 0 Å². The van der Waals surface area contributed by atoms with Gasteiger partial charge in [-0.15, -0.1) is 0 Å². The standard InChI is InChI=1S/C32H46N8O5/c1-3-4-5-6-7-8-9-10-11-12-19-45-31(44)25(17-18-26(41)42)37-30(43)22-13-15-24(16-14-22)40(2)21-23-20-35-29-27(36-23)28(33)38-32(34)39-29/h13-16,20,25H,3-12,17-19,21H2,1-2H3,(H,37,43)(H,41,42)(H4,33,34,35,38,39)/t25-/m0/s1. The molecule has 0 fully saturated rings. The van der Waals surface area contributed by atoms with E-state index in [1.807, 2.05) is 11.9 Å². The van der Waals surface area contributed by atoms with Gasteiger partial charge in [0.2, 0.25) is 5.95 Å². The number of carboxylic acid groups (broad SMARTS) is 1. The lowest BCUT2D eigenvalue weighted by molar-refractivity contribution is -0.146. The molecule has 0 aliphatic rings. The molecule has 13 heteroatoms. The summed E-state index contributed by atoms with van der Waals surface area (Å²) in [5, 5.41) is 11.8. The molecular weight excluding hydrogens is 576 g/mol. The normalized spacial score (nSPS) is 11.7. The Balaban J connectivity index is 1.48. The first-order valence-corrected chi connectivity index (χ1v) is 15.7. The number of benzene rings is 1. The van der Waals surface area contributed by atoms with Crippen LogP contribution >= 0.6 is 0 Å². The minimum absolute atomic E-state index is 0.0257. The molecule has 0 aliphatic heterocycles. The van der Waals surface area contributed by atoms with Crippen molar-refractivity contribution in [2.24, 2.45) is 0 Å². The minimum Gasteiger partial charge on any atom is -0.481 e. The molecule has 0 spiro atoms. The highest BCUT2D eigenvalue weighted by molar-refractivity contribution is 5.97. The van der Waals surface area contributed by atoms with Crippen molar-refractivity contribution in [3.8, 4) is 0 Å². The van der Waals surface area contributed by atoms with Crippen molar-refractivity contribution < 1.29 is 24.2 Å². The first-order chi connectivity index (χ1) is 21.7. The summed E-state index contributed by atoms with van der Waals surface area (Å²) in [6.07, 6.45) is 12.8. The maximum atomic E-state index is 13.0. The van der Waals surface area contributed by atoms with Crippen LogP contribution in [0.15, 0.2) is 30.5 Å². The van der Waals surface area contributed by atoms with Gasteiger partial charge in [0, 0.05) is 24.7 Å². The number of anilines is 3. The van der Waals surface area contributed by atoms with E-state index in [1.165, 1.54) is 44.9 Å². The van der Waals surface area contributed by atoms with Gasteiger partial charge in [-0.3, -0.25) is 9.59 Å². The summed E-state index contributed by atoms with van der Waals surface area (Å²) in [5.41, 5.74) is 14.0. The molecule has 2 heterocycles. The summed E-state index contributed by atoms with van der Waals surface area (Å²) in [4.78, 5) is 55.6. The second-order valence-corrected chi connectivity index (χ2v) is 11.2. The number of nitrogens with zero attached hydrogens (tertiary/aromatic N) is 5. The third kappa shape index (κ3) is 11.8. The largest absolute Gasteiger partial charge is 0.481 e. The van der Waals surface area contributed by atoms with Crippen LogP contribution in [-0.4, -0.2) is 62.6 Å². The number of esters is 1. The molecule has 1 atom stereocenters. The third-order valence-electron chi connectivity index (χ3n) is 7.45. The van der Waals surface area contributed by atoms with Gasteiger partial charge in [0.25, 0.3) is 5.91 Å². The summed E-state index contributed by atoms with van der Waals surface area (Å²) in [6.45, 7) is 2.84. The van der Waals surface area contributed by atoms with Crippen LogP contribution in [0.2, 0.25) is 0 Å². The van der Waals surface area contributed by atoms with E-state index in [1.54, 1.807) is 30.5 Å². The van der Waals surface area contributed by atoms with Crippen molar-refractivity contribution in [2.45, 2.75) is 96.6 Å². The number of carbonyl (C=O) groups excluding carboxylic acids is 2. The smallest absolute Gasteiger partial charge is 0.328 e. The van der Waals surface area contributed by atoms with Crippen LogP contribution in [0, 0.1) is 0 Å². The molecule has 3 rings (SSSR count). The molecule has 1 amide bonds. The van der Waals surface area contributed by atoms with Crippen LogP contribution in [0.1, 0.15) is 100 Å². The average Bonchev–Trinajstić information content (AvgIpc) is 3.01. The number of aliphatic carboxylic acids is 1. The Morgan fingerprint density at radius 1 is 0.933 bits per heavy atom. The van der Waals surface area contributed by atoms with E-state index < -0.39 is 23.9 Å². The highest BCUT2D eigenvalue weighted by Crippen LogP contribution is 2.19. The lowest BCUT2D eigenvalue weighted by Crippen LogP contribution is -2.42. The number of rotatable bonds is 20. The molecular formula is C32H46N8O5. The fraction of sp³-hybridized carbons (Fsp3) is 0.531. The summed E-state index contributed by atoms with van der Waals surface area (Å²) < 4.78 is 5.41. The molecule has 0 saturated carbocycles. The molecule has 0 unspecified atom stereocenters. The van der Waals surface area contributed by atoms with E-state index in [9.17, 15) is 14.4 Å². The Hall–Kier alpha value is -4.55. The Bertz CT molecular complexity index is 1400. The van der Waals surface area contributed by atoms with Crippen molar-refractivity contribution in [3.63, 3.8) is 0 Å². The first-order valence-electron chi connectivity index (χ1n) is 15.7. The lowest BCUT2D eigenvalue weighted by atomic mass is 10.1. The zero-order valence-corrected chi connectivity index (χ0v) is 26.3. The van der Waals surface area contributed by atoms with E-state index in [0.717, 1.165) is 24.9 Å². The third-order valence-corrected chi connectivity index (χ3v) is 7.45.